The lowest BCUT2D eigenvalue weighted by Gasteiger charge is -1.98. The molecule has 0 aromatic heterocycles. The number of rotatable bonds is 9. The maximum absolute atomic E-state index is 3.64. The number of unbranched alkanes of at least 4 members (excludes halogenated alkanes) is 6. The van der Waals surface area contributed by atoms with Crippen LogP contribution in [0, 0.1) is 0 Å². The van der Waals surface area contributed by atoms with Gasteiger partial charge in [0, 0.05) is 4.48 Å². The lowest BCUT2D eigenvalue weighted by molar-refractivity contribution is 0.611. The fourth-order valence-electron chi connectivity index (χ4n) is 1.39. The first kappa shape index (κ1) is 14.7. The van der Waals surface area contributed by atoms with E-state index in [0.717, 1.165) is 4.48 Å². The molecule has 0 atom stereocenters. The minimum Gasteiger partial charge on any atom is -0.0991 e. The molecule has 1 heteroatoms. The molecule has 0 saturated heterocycles. The molecule has 86 valence electrons. The standard InChI is InChI=1S/C14H23Br/c1-3-5-7-8-9-10-11-13-14(15)12-6-4-2/h4,6,12-13H,2-3,5,7-11H2,1H3/b12-6+,14-13-. The van der Waals surface area contributed by atoms with Crippen LogP contribution in [-0.2, 0) is 0 Å². The molecule has 0 saturated carbocycles. The average molecular weight is 271 g/mol. The van der Waals surface area contributed by atoms with Gasteiger partial charge in [-0.15, -0.1) is 0 Å². The zero-order valence-electron chi connectivity index (χ0n) is 9.84. The molecule has 0 spiro atoms. The Balaban J connectivity index is 3.36. The zero-order valence-corrected chi connectivity index (χ0v) is 11.4. The first-order valence-corrected chi connectivity index (χ1v) is 6.75. The van der Waals surface area contributed by atoms with Crippen molar-refractivity contribution in [3.63, 3.8) is 0 Å². The summed E-state index contributed by atoms with van der Waals surface area (Å²) in [7, 11) is 0. The molecule has 0 aliphatic heterocycles. The van der Waals surface area contributed by atoms with Gasteiger partial charge >= 0.3 is 0 Å². The summed E-state index contributed by atoms with van der Waals surface area (Å²) in [6.45, 7) is 5.89. The van der Waals surface area contributed by atoms with Gasteiger partial charge in [-0.2, -0.15) is 0 Å². The van der Waals surface area contributed by atoms with E-state index in [9.17, 15) is 0 Å². The van der Waals surface area contributed by atoms with Gasteiger partial charge < -0.3 is 0 Å². The minimum atomic E-state index is 1.16. The first-order valence-electron chi connectivity index (χ1n) is 5.96. The second-order valence-electron chi connectivity index (χ2n) is 3.74. The molecule has 0 fully saturated rings. The van der Waals surface area contributed by atoms with Crippen molar-refractivity contribution in [1.82, 2.24) is 0 Å². The summed E-state index contributed by atoms with van der Waals surface area (Å²) >= 11 is 3.50. The van der Waals surface area contributed by atoms with E-state index in [2.05, 4.69) is 35.5 Å². The lowest BCUT2D eigenvalue weighted by Crippen LogP contribution is -1.77. The Morgan fingerprint density at radius 2 is 1.80 bits per heavy atom. The highest BCUT2D eigenvalue weighted by atomic mass is 79.9. The van der Waals surface area contributed by atoms with Crippen molar-refractivity contribution in [3.8, 4) is 0 Å². The van der Waals surface area contributed by atoms with Crippen molar-refractivity contribution in [2.75, 3.05) is 0 Å². The third-order valence-corrected chi connectivity index (χ3v) is 2.88. The molecule has 0 aliphatic rings. The van der Waals surface area contributed by atoms with E-state index in [1.807, 2.05) is 12.2 Å². The molecule has 0 rings (SSSR count). The van der Waals surface area contributed by atoms with E-state index in [4.69, 9.17) is 0 Å². The third kappa shape index (κ3) is 11.6. The Morgan fingerprint density at radius 1 is 1.13 bits per heavy atom. The highest BCUT2D eigenvalue weighted by Crippen LogP contribution is 2.12. The van der Waals surface area contributed by atoms with Crippen LogP contribution in [-0.4, -0.2) is 0 Å². The lowest BCUT2D eigenvalue weighted by atomic mass is 10.1. The summed E-state index contributed by atoms with van der Waals surface area (Å²) < 4.78 is 1.16. The fraction of sp³-hybridized carbons (Fsp3) is 0.571. The smallest absolute Gasteiger partial charge is 0.0135 e. The Labute approximate surface area is 103 Å². The molecule has 0 aliphatic carbocycles. The molecule has 0 heterocycles. The summed E-state index contributed by atoms with van der Waals surface area (Å²) in [6, 6.07) is 0. The minimum absolute atomic E-state index is 1.16. The van der Waals surface area contributed by atoms with E-state index in [1.165, 1.54) is 44.9 Å². The molecular formula is C14H23Br. The molecule has 15 heavy (non-hydrogen) atoms. The Kier molecular flexibility index (Phi) is 11.5. The SMILES string of the molecule is C=C/C=C/C(Br)=C/CCCCCCCC. The number of allylic oxidation sites excluding steroid dienone is 5. The van der Waals surface area contributed by atoms with Crippen LogP contribution in [0.15, 0.2) is 35.4 Å². The quantitative estimate of drug-likeness (QED) is 0.369. The van der Waals surface area contributed by atoms with Gasteiger partial charge in [-0.25, -0.2) is 0 Å². The van der Waals surface area contributed by atoms with Gasteiger partial charge in [-0.3, -0.25) is 0 Å². The van der Waals surface area contributed by atoms with E-state index >= 15 is 0 Å². The Morgan fingerprint density at radius 3 is 2.47 bits per heavy atom. The Bertz CT molecular complexity index is 201. The number of hydrogen-bond donors (Lipinski definition) is 0. The topological polar surface area (TPSA) is 0 Å². The van der Waals surface area contributed by atoms with Crippen molar-refractivity contribution in [2.45, 2.75) is 51.9 Å². The summed E-state index contributed by atoms with van der Waals surface area (Å²) in [4.78, 5) is 0. The van der Waals surface area contributed by atoms with Gasteiger partial charge in [0.1, 0.15) is 0 Å². The van der Waals surface area contributed by atoms with Crippen molar-refractivity contribution in [2.24, 2.45) is 0 Å². The molecule has 0 radical (unpaired) electrons. The van der Waals surface area contributed by atoms with E-state index in [1.54, 1.807) is 6.08 Å². The first-order chi connectivity index (χ1) is 7.31. The zero-order chi connectivity index (χ0) is 11.4. The Hall–Kier alpha value is -0.300. The van der Waals surface area contributed by atoms with Crippen LogP contribution in [0.25, 0.3) is 0 Å². The number of hydrogen-bond acceptors (Lipinski definition) is 0. The van der Waals surface area contributed by atoms with Crippen LogP contribution in [0.3, 0.4) is 0 Å². The third-order valence-electron chi connectivity index (χ3n) is 2.29. The van der Waals surface area contributed by atoms with Crippen LogP contribution < -0.4 is 0 Å². The van der Waals surface area contributed by atoms with Crippen LogP contribution in [0.2, 0.25) is 0 Å². The van der Waals surface area contributed by atoms with Crippen molar-refractivity contribution in [3.05, 3.63) is 35.4 Å². The molecule has 0 amide bonds. The summed E-state index contributed by atoms with van der Waals surface area (Å²) in [5.41, 5.74) is 0. The highest BCUT2D eigenvalue weighted by Gasteiger charge is 1.89. The van der Waals surface area contributed by atoms with Gasteiger partial charge in [-0.1, -0.05) is 79.8 Å². The predicted octanol–water partition coefficient (Wildman–Crippen LogP) is 5.76. The summed E-state index contributed by atoms with van der Waals surface area (Å²) in [5, 5.41) is 0. The summed E-state index contributed by atoms with van der Waals surface area (Å²) in [6.07, 6.45) is 17.4. The van der Waals surface area contributed by atoms with Gasteiger partial charge in [0.05, 0.1) is 0 Å². The van der Waals surface area contributed by atoms with Crippen LogP contribution in [0.5, 0.6) is 0 Å². The second kappa shape index (κ2) is 11.8. The molecular weight excluding hydrogens is 248 g/mol. The monoisotopic (exact) mass is 270 g/mol. The van der Waals surface area contributed by atoms with Crippen molar-refractivity contribution in [1.29, 1.82) is 0 Å². The molecule has 0 N–H and O–H groups in total. The van der Waals surface area contributed by atoms with Crippen LogP contribution >= 0.6 is 15.9 Å². The van der Waals surface area contributed by atoms with E-state index in [0.29, 0.717) is 0 Å². The summed E-state index contributed by atoms with van der Waals surface area (Å²) in [5.74, 6) is 0. The van der Waals surface area contributed by atoms with E-state index in [-0.39, 0.29) is 0 Å². The highest BCUT2D eigenvalue weighted by molar-refractivity contribution is 9.11. The van der Waals surface area contributed by atoms with E-state index < -0.39 is 0 Å². The maximum Gasteiger partial charge on any atom is 0.0135 e. The molecule has 0 unspecified atom stereocenters. The van der Waals surface area contributed by atoms with Crippen LogP contribution in [0.1, 0.15) is 51.9 Å². The van der Waals surface area contributed by atoms with Gasteiger partial charge in [0.25, 0.3) is 0 Å². The number of halogens is 1. The molecule has 0 bridgehead atoms. The van der Waals surface area contributed by atoms with Gasteiger partial charge in [-0.05, 0) is 18.9 Å². The average Bonchev–Trinajstić information content (AvgIpc) is 2.25. The molecule has 0 nitrogen and oxygen atoms in total. The molecule has 0 aromatic carbocycles. The van der Waals surface area contributed by atoms with Crippen molar-refractivity contribution >= 4 is 15.9 Å². The normalized spacial score (nSPS) is 12.3. The van der Waals surface area contributed by atoms with Gasteiger partial charge in [0.15, 0.2) is 0 Å². The predicted molar refractivity (Wildman–Crippen MR) is 74.3 cm³/mol. The van der Waals surface area contributed by atoms with Crippen LogP contribution in [0.4, 0.5) is 0 Å². The molecule has 0 aromatic rings. The largest absolute Gasteiger partial charge is 0.0991 e. The van der Waals surface area contributed by atoms with Crippen molar-refractivity contribution < 1.29 is 0 Å². The second-order valence-corrected chi connectivity index (χ2v) is 4.66. The van der Waals surface area contributed by atoms with Gasteiger partial charge in [0.2, 0.25) is 0 Å². The maximum atomic E-state index is 3.64. The fourth-order valence-corrected chi connectivity index (χ4v) is 1.77.